The van der Waals surface area contributed by atoms with Crippen LogP contribution in [0.5, 0.6) is 0 Å². The van der Waals surface area contributed by atoms with E-state index in [1.165, 1.54) is 161 Å². The number of allylic oxidation sites excluding steroid dienone is 8. The average molecular weight is 613 g/mol. The van der Waals surface area contributed by atoms with Crippen molar-refractivity contribution in [3.8, 4) is 0 Å². The molecule has 0 heterocycles. The van der Waals surface area contributed by atoms with Crippen molar-refractivity contribution < 1.29 is 9.47 Å². The van der Waals surface area contributed by atoms with Gasteiger partial charge in [0.25, 0.3) is 0 Å². The van der Waals surface area contributed by atoms with Gasteiger partial charge < -0.3 is 9.47 Å². The van der Waals surface area contributed by atoms with Crippen molar-refractivity contribution >= 4 is 0 Å². The van der Waals surface area contributed by atoms with Crippen LogP contribution < -0.4 is 0 Å². The van der Waals surface area contributed by atoms with Crippen molar-refractivity contribution in [2.24, 2.45) is 0 Å². The van der Waals surface area contributed by atoms with Gasteiger partial charge in [0.15, 0.2) is 0 Å². The Morgan fingerprint density at radius 3 is 1.14 bits per heavy atom. The van der Waals surface area contributed by atoms with Crippen molar-refractivity contribution in [1.82, 2.24) is 0 Å². The molecule has 0 amide bonds. The molecule has 1 aliphatic carbocycles. The molecule has 0 aromatic heterocycles. The van der Waals surface area contributed by atoms with Crippen LogP contribution in [0.3, 0.4) is 0 Å². The van der Waals surface area contributed by atoms with E-state index in [1.807, 2.05) is 0 Å². The summed E-state index contributed by atoms with van der Waals surface area (Å²) < 4.78 is 12.5. The lowest BCUT2D eigenvalue weighted by Gasteiger charge is -2.29. The average Bonchev–Trinajstić information content (AvgIpc) is 3.04. The Hall–Kier alpha value is -1.12. The molecular weight excluding hydrogens is 536 g/mol. The Morgan fingerprint density at radius 1 is 0.409 bits per heavy atom. The summed E-state index contributed by atoms with van der Waals surface area (Å²) in [5, 5.41) is 0. The van der Waals surface area contributed by atoms with E-state index in [0.717, 1.165) is 32.5 Å². The van der Waals surface area contributed by atoms with Crippen LogP contribution in [0, 0.1) is 0 Å². The van der Waals surface area contributed by atoms with E-state index in [1.54, 1.807) is 0 Å². The molecule has 44 heavy (non-hydrogen) atoms. The second kappa shape index (κ2) is 34.7. The zero-order valence-electron chi connectivity index (χ0n) is 29.8. The smallest absolute Gasteiger partial charge is 0.0599 e. The molecule has 0 spiro atoms. The van der Waals surface area contributed by atoms with Crippen LogP contribution in [-0.4, -0.2) is 25.4 Å². The highest BCUT2D eigenvalue weighted by Gasteiger charge is 2.22. The molecule has 2 nitrogen and oxygen atoms in total. The van der Waals surface area contributed by atoms with E-state index in [0.29, 0.717) is 12.2 Å². The third kappa shape index (κ3) is 29.6. The minimum atomic E-state index is 0.433. The third-order valence-corrected chi connectivity index (χ3v) is 8.98. The zero-order chi connectivity index (χ0) is 31.4. The van der Waals surface area contributed by atoms with Crippen LogP contribution in [0.4, 0.5) is 0 Å². The topological polar surface area (TPSA) is 18.5 Å². The van der Waals surface area contributed by atoms with Crippen LogP contribution in [0.1, 0.15) is 194 Å². The van der Waals surface area contributed by atoms with Gasteiger partial charge in [-0.2, -0.15) is 0 Å². The highest BCUT2D eigenvalue weighted by molar-refractivity contribution is 4.93. The fraction of sp³-hybridized carbons (Fsp3) is 0.810. The summed E-state index contributed by atoms with van der Waals surface area (Å²) in [6.45, 7) is 6.42. The number of rotatable bonds is 32. The summed E-state index contributed by atoms with van der Waals surface area (Å²) in [6.07, 6.45) is 55.7. The van der Waals surface area contributed by atoms with E-state index >= 15 is 0 Å². The van der Waals surface area contributed by atoms with Gasteiger partial charge in [-0.15, -0.1) is 0 Å². The van der Waals surface area contributed by atoms with Crippen LogP contribution in [0.2, 0.25) is 0 Å². The van der Waals surface area contributed by atoms with Crippen molar-refractivity contribution in [2.45, 2.75) is 206 Å². The fourth-order valence-electron chi connectivity index (χ4n) is 6.09. The SMILES string of the molecule is CCCCCC=CCC=CCCCCCCCCOC1CCCC(OCCCCCCCCC=CCC=CCCCCC)C1. The second-order valence-electron chi connectivity index (χ2n) is 13.3. The lowest BCUT2D eigenvalue weighted by molar-refractivity contribution is -0.0460. The minimum absolute atomic E-state index is 0.433. The molecule has 0 N–H and O–H groups in total. The van der Waals surface area contributed by atoms with E-state index in [-0.39, 0.29) is 0 Å². The predicted molar refractivity (Wildman–Crippen MR) is 197 cm³/mol. The van der Waals surface area contributed by atoms with E-state index in [9.17, 15) is 0 Å². The second-order valence-corrected chi connectivity index (χ2v) is 13.3. The lowest BCUT2D eigenvalue weighted by atomic mass is 9.95. The molecule has 0 aromatic carbocycles. The summed E-state index contributed by atoms with van der Waals surface area (Å²) in [7, 11) is 0. The molecule has 256 valence electrons. The normalized spacial score (nSPS) is 17.8. The summed E-state index contributed by atoms with van der Waals surface area (Å²) in [4.78, 5) is 0. The minimum Gasteiger partial charge on any atom is -0.378 e. The molecule has 0 aliphatic heterocycles. The maximum absolute atomic E-state index is 6.27. The molecule has 1 rings (SSSR count). The molecule has 0 bridgehead atoms. The van der Waals surface area contributed by atoms with E-state index in [2.05, 4.69) is 62.5 Å². The van der Waals surface area contributed by atoms with E-state index in [4.69, 9.17) is 9.47 Å². The molecule has 1 aliphatic rings. The number of hydrogen-bond donors (Lipinski definition) is 0. The van der Waals surface area contributed by atoms with Gasteiger partial charge in [0.05, 0.1) is 12.2 Å². The first-order valence-electron chi connectivity index (χ1n) is 19.7. The van der Waals surface area contributed by atoms with Crippen LogP contribution in [0.15, 0.2) is 48.6 Å². The highest BCUT2D eigenvalue weighted by atomic mass is 16.5. The Bertz CT molecular complexity index is 619. The molecule has 0 saturated heterocycles. The Kier molecular flexibility index (Phi) is 32.3. The van der Waals surface area contributed by atoms with Gasteiger partial charge in [-0.25, -0.2) is 0 Å². The maximum Gasteiger partial charge on any atom is 0.0599 e. The van der Waals surface area contributed by atoms with Gasteiger partial charge in [0.2, 0.25) is 0 Å². The number of ether oxygens (including phenoxy) is 2. The lowest BCUT2D eigenvalue weighted by Crippen LogP contribution is -2.28. The van der Waals surface area contributed by atoms with Gasteiger partial charge >= 0.3 is 0 Å². The number of hydrogen-bond acceptors (Lipinski definition) is 2. The van der Waals surface area contributed by atoms with Crippen molar-refractivity contribution in [2.75, 3.05) is 13.2 Å². The van der Waals surface area contributed by atoms with Crippen LogP contribution >= 0.6 is 0 Å². The molecule has 2 unspecified atom stereocenters. The van der Waals surface area contributed by atoms with Crippen molar-refractivity contribution in [3.05, 3.63) is 48.6 Å². The molecule has 0 radical (unpaired) electrons. The third-order valence-electron chi connectivity index (χ3n) is 8.98. The largest absolute Gasteiger partial charge is 0.378 e. The fourth-order valence-corrected chi connectivity index (χ4v) is 6.09. The Labute approximate surface area is 276 Å². The Balaban J connectivity index is 1.84. The quantitative estimate of drug-likeness (QED) is 0.0556. The van der Waals surface area contributed by atoms with Crippen LogP contribution in [-0.2, 0) is 9.47 Å². The predicted octanol–water partition coefficient (Wildman–Crippen LogP) is 14.0. The highest BCUT2D eigenvalue weighted by Crippen LogP contribution is 2.24. The molecular formula is C42H76O2. The van der Waals surface area contributed by atoms with Gasteiger partial charge in [-0.05, 0) is 103 Å². The van der Waals surface area contributed by atoms with Crippen molar-refractivity contribution in [1.29, 1.82) is 0 Å². The molecule has 0 aromatic rings. The monoisotopic (exact) mass is 613 g/mol. The first-order chi connectivity index (χ1) is 21.9. The first kappa shape index (κ1) is 40.9. The summed E-state index contributed by atoms with van der Waals surface area (Å²) >= 11 is 0. The molecule has 1 saturated carbocycles. The zero-order valence-corrected chi connectivity index (χ0v) is 29.8. The van der Waals surface area contributed by atoms with Gasteiger partial charge in [-0.3, -0.25) is 0 Å². The van der Waals surface area contributed by atoms with E-state index < -0.39 is 0 Å². The summed E-state index contributed by atoms with van der Waals surface area (Å²) in [6, 6.07) is 0. The summed E-state index contributed by atoms with van der Waals surface area (Å²) in [5.74, 6) is 0. The van der Waals surface area contributed by atoms with Gasteiger partial charge in [0.1, 0.15) is 0 Å². The van der Waals surface area contributed by atoms with Gasteiger partial charge in [0, 0.05) is 13.2 Å². The van der Waals surface area contributed by atoms with Crippen LogP contribution in [0.25, 0.3) is 0 Å². The molecule has 2 atom stereocenters. The number of unbranched alkanes of at least 4 members (excludes halogenated alkanes) is 18. The molecule has 1 fully saturated rings. The Morgan fingerprint density at radius 2 is 0.750 bits per heavy atom. The maximum atomic E-state index is 6.27. The van der Waals surface area contributed by atoms with Crippen molar-refractivity contribution in [3.63, 3.8) is 0 Å². The molecule has 2 heteroatoms. The summed E-state index contributed by atoms with van der Waals surface area (Å²) in [5.41, 5.74) is 0. The standard InChI is InChI=1S/C42H76O2/c1-3-5-7-9-11-13-15-17-19-21-23-25-27-29-31-33-38-43-41-36-35-37-42(40-41)44-39-34-32-30-28-26-24-22-20-18-16-14-12-10-8-6-4-2/h11-14,17-20,41-42H,3-10,15-16,21-40H2,1-2H3. The van der Waals surface area contributed by atoms with Gasteiger partial charge in [-0.1, -0.05) is 140 Å². The first-order valence-corrected chi connectivity index (χ1v) is 19.7.